The average Bonchev–Trinajstić information content (AvgIpc) is 2.94. The number of carbonyl (C=O) groups is 1. The van der Waals surface area contributed by atoms with Gasteiger partial charge in [-0.25, -0.2) is 9.37 Å². The molecule has 0 radical (unpaired) electrons. The lowest BCUT2D eigenvalue weighted by atomic mass is 10.1. The van der Waals surface area contributed by atoms with Crippen molar-refractivity contribution in [1.29, 1.82) is 0 Å². The van der Waals surface area contributed by atoms with Crippen molar-refractivity contribution in [2.24, 2.45) is 0 Å². The molecule has 0 atom stereocenters. The Kier molecular flexibility index (Phi) is 3.69. The Labute approximate surface area is 147 Å². The van der Waals surface area contributed by atoms with Crippen molar-refractivity contribution in [2.75, 3.05) is 5.32 Å². The molecule has 4 nitrogen and oxygen atoms in total. The number of nitrogens with zero attached hydrogens (tertiary/aromatic N) is 2. The van der Waals surface area contributed by atoms with Crippen LogP contribution in [0, 0.1) is 19.7 Å². The second kappa shape index (κ2) is 5.89. The third-order valence-corrected chi connectivity index (χ3v) is 4.84. The van der Waals surface area contributed by atoms with Gasteiger partial charge in [-0.1, -0.05) is 17.4 Å². The number of aryl methyl sites for hydroxylation is 2. The smallest absolute Gasteiger partial charge is 0.258 e. The first-order chi connectivity index (χ1) is 12.0. The minimum atomic E-state index is -0.376. The Morgan fingerprint density at radius 1 is 1.04 bits per heavy atom. The van der Waals surface area contributed by atoms with Crippen molar-refractivity contribution < 1.29 is 9.18 Å². The van der Waals surface area contributed by atoms with E-state index in [-0.39, 0.29) is 11.7 Å². The number of anilines is 1. The molecule has 0 saturated carbocycles. The molecule has 0 spiro atoms. The molecule has 2 aromatic heterocycles. The van der Waals surface area contributed by atoms with Crippen LogP contribution in [-0.4, -0.2) is 15.9 Å². The van der Waals surface area contributed by atoms with E-state index in [1.54, 1.807) is 19.1 Å². The Morgan fingerprint density at radius 3 is 2.72 bits per heavy atom. The first kappa shape index (κ1) is 15.7. The minimum absolute atomic E-state index is 0.280. The zero-order valence-electron chi connectivity index (χ0n) is 13.6. The van der Waals surface area contributed by atoms with Crippen molar-refractivity contribution in [1.82, 2.24) is 9.97 Å². The van der Waals surface area contributed by atoms with Crippen LogP contribution in [0.25, 0.3) is 21.1 Å². The van der Waals surface area contributed by atoms with E-state index in [2.05, 4.69) is 15.3 Å². The van der Waals surface area contributed by atoms with Crippen molar-refractivity contribution in [2.45, 2.75) is 13.8 Å². The minimum Gasteiger partial charge on any atom is -0.298 e. The summed E-state index contributed by atoms with van der Waals surface area (Å²) in [5, 5.41) is 4.00. The summed E-state index contributed by atoms with van der Waals surface area (Å²) in [6, 6.07) is 11.9. The number of hydrogen-bond acceptors (Lipinski definition) is 4. The Balaban J connectivity index is 1.74. The second-order valence-corrected chi connectivity index (χ2v) is 6.95. The predicted octanol–water partition coefficient (Wildman–Crippen LogP) is 4.85. The summed E-state index contributed by atoms with van der Waals surface area (Å²) in [6.45, 7) is 3.80. The molecule has 0 saturated heterocycles. The summed E-state index contributed by atoms with van der Waals surface area (Å²) < 4.78 is 14.5. The SMILES string of the molecule is Cc1ccc2nc(NC(=O)c3cc(C)nc4cc(F)ccc34)sc2c1. The van der Waals surface area contributed by atoms with E-state index in [0.29, 0.717) is 27.3 Å². The van der Waals surface area contributed by atoms with E-state index >= 15 is 0 Å². The molecule has 0 fully saturated rings. The van der Waals surface area contributed by atoms with Crippen molar-refractivity contribution in [3.8, 4) is 0 Å². The molecule has 2 aromatic carbocycles. The van der Waals surface area contributed by atoms with Gasteiger partial charge in [0.2, 0.25) is 0 Å². The molecule has 0 aliphatic rings. The number of benzene rings is 2. The molecule has 0 aliphatic carbocycles. The highest BCUT2D eigenvalue weighted by Crippen LogP contribution is 2.28. The molecule has 4 rings (SSSR count). The molecule has 0 unspecified atom stereocenters. The van der Waals surface area contributed by atoms with Gasteiger partial charge in [-0.15, -0.1) is 0 Å². The van der Waals surface area contributed by atoms with Gasteiger partial charge in [0, 0.05) is 17.1 Å². The van der Waals surface area contributed by atoms with Gasteiger partial charge in [0.1, 0.15) is 5.82 Å². The highest BCUT2D eigenvalue weighted by atomic mass is 32.1. The molecule has 1 amide bonds. The number of fused-ring (bicyclic) bond motifs is 2. The zero-order valence-corrected chi connectivity index (χ0v) is 14.4. The maximum Gasteiger partial charge on any atom is 0.258 e. The number of pyridine rings is 1. The second-order valence-electron chi connectivity index (χ2n) is 5.92. The van der Waals surface area contributed by atoms with Crippen LogP contribution in [-0.2, 0) is 0 Å². The Bertz CT molecular complexity index is 1130. The third kappa shape index (κ3) is 2.96. The number of amides is 1. The van der Waals surface area contributed by atoms with Crippen LogP contribution in [0.1, 0.15) is 21.6 Å². The van der Waals surface area contributed by atoms with E-state index in [4.69, 9.17) is 0 Å². The Hall–Kier alpha value is -2.86. The normalized spacial score (nSPS) is 11.2. The van der Waals surface area contributed by atoms with Crippen LogP contribution in [0.5, 0.6) is 0 Å². The first-order valence-electron chi connectivity index (χ1n) is 7.75. The Morgan fingerprint density at radius 2 is 1.88 bits per heavy atom. The summed E-state index contributed by atoms with van der Waals surface area (Å²) in [5.74, 6) is -0.656. The molecular formula is C19H14FN3OS. The number of aromatic nitrogens is 2. The van der Waals surface area contributed by atoms with E-state index in [9.17, 15) is 9.18 Å². The number of halogens is 1. The van der Waals surface area contributed by atoms with Crippen molar-refractivity contribution in [3.63, 3.8) is 0 Å². The van der Waals surface area contributed by atoms with E-state index in [1.165, 1.54) is 23.5 Å². The zero-order chi connectivity index (χ0) is 17.6. The number of hydrogen-bond donors (Lipinski definition) is 1. The largest absolute Gasteiger partial charge is 0.298 e. The van der Waals surface area contributed by atoms with E-state index in [0.717, 1.165) is 15.8 Å². The molecular weight excluding hydrogens is 337 g/mol. The summed E-state index contributed by atoms with van der Waals surface area (Å²) in [7, 11) is 0. The fourth-order valence-electron chi connectivity index (χ4n) is 2.77. The molecule has 25 heavy (non-hydrogen) atoms. The fourth-order valence-corrected chi connectivity index (χ4v) is 3.73. The lowest BCUT2D eigenvalue weighted by molar-refractivity contribution is 0.102. The average molecular weight is 351 g/mol. The van der Waals surface area contributed by atoms with Gasteiger partial charge in [0.15, 0.2) is 5.13 Å². The lowest BCUT2D eigenvalue weighted by Gasteiger charge is -2.07. The van der Waals surface area contributed by atoms with Gasteiger partial charge >= 0.3 is 0 Å². The third-order valence-electron chi connectivity index (χ3n) is 3.91. The van der Waals surface area contributed by atoms with E-state index < -0.39 is 0 Å². The monoisotopic (exact) mass is 351 g/mol. The number of nitrogens with one attached hydrogen (secondary N) is 1. The summed E-state index contributed by atoms with van der Waals surface area (Å²) in [4.78, 5) is 21.5. The van der Waals surface area contributed by atoms with Crippen LogP contribution in [0.2, 0.25) is 0 Å². The lowest BCUT2D eigenvalue weighted by Crippen LogP contribution is -2.13. The maximum atomic E-state index is 13.4. The van der Waals surface area contributed by atoms with Crippen LogP contribution < -0.4 is 5.32 Å². The van der Waals surface area contributed by atoms with Gasteiger partial charge < -0.3 is 0 Å². The summed E-state index contributed by atoms with van der Waals surface area (Å²) in [5.41, 5.74) is 3.57. The topological polar surface area (TPSA) is 54.9 Å². The summed E-state index contributed by atoms with van der Waals surface area (Å²) >= 11 is 1.43. The molecule has 2 heterocycles. The quantitative estimate of drug-likeness (QED) is 0.561. The number of rotatable bonds is 2. The van der Waals surface area contributed by atoms with Crippen molar-refractivity contribution in [3.05, 3.63) is 65.1 Å². The number of carbonyl (C=O) groups excluding carboxylic acids is 1. The molecule has 124 valence electrons. The first-order valence-corrected chi connectivity index (χ1v) is 8.57. The van der Waals surface area contributed by atoms with Crippen LogP contribution in [0.15, 0.2) is 42.5 Å². The van der Waals surface area contributed by atoms with Gasteiger partial charge in [-0.3, -0.25) is 15.1 Å². The predicted molar refractivity (Wildman–Crippen MR) is 98.7 cm³/mol. The van der Waals surface area contributed by atoms with Crippen LogP contribution in [0.3, 0.4) is 0 Å². The van der Waals surface area contributed by atoms with Gasteiger partial charge in [-0.2, -0.15) is 0 Å². The fraction of sp³-hybridized carbons (Fsp3) is 0.105. The van der Waals surface area contributed by atoms with Gasteiger partial charge in [0.25, 0.3) is 5.91 Å². The van der Waals surface area contributed by atoms with Crippen molar-refractivity contribution >= 4 is 43.5 Å². The molecule has 1 N–H and O–H groups in total. The highest BCUT2D eigenvalue weighted by Gasteiger charge is 2.15. The maximum absolute atomic E-state index is 13.4. The molecule has 0 bridgehead atoms. The molecule has 4 aromatic rings. The molecule has 6 heteroatoms. The number of thiazole rings is 1. The van der Waals surface area contributed by atoms with Gasteiger partial charge in [0.05, 0.1) is 21.3 Å². The van der Waals surface area contributed by atoms with Crippen LogP contribution >= 0.6 is 11.3 Å². The highest BCUT2D eigenvalue weighted by molar-refractivity contribution is 7.22. The van der Waals surface area contributed by atoms with E-state index in [1.807, 2.05) is 25.1 Å². The standard InChI is InChI=1S/C19H14FN3OS/c1-10-3-6-15-17(7-10)25-19(22-15)23-18(24)14-8-11(2)21-16-9-12(20)4-5-13(14)16/h3-9H,1-2H3,(H,22,23,24). The molecule has 0 aliphatic heterocycles. The summed E-state index contributed by atoms with van der Waals surface area (Å²) in [6.07, 6.45) is 0. The van der Waals surface area contributed by atoms with Gasteiger partial charge in [-0.05, 0) is 49.7 Å². The van der Waals surface area contributed by atoms with Crippen LogP contribution in [0.4, 0.5) is 9.52 Å².